The summed E-state index contributed by atoms with van der Waals surface area (Å²) in [6.45, 7) is 4.12. The summed E-state index contributed by atoms with van der Waals surface area (Å²) in [6, 6.07) is 0. The third-order valence-electron chi connectivity index (χ3n) is 1.84. The second-order valence-corrected chi connectivity index (χ2v) is 7.06. The average molecular weight is 346 g/mol. The molecule has 0 aliphatic heterocycles. The van der Waals surface area contributed by atoms with Crippen molar-refractivity contribution in [3.8, 4) is 0 Å². The number of sulfonamides is 1. The van der Waals surface area contributed by atoms with Crippen LogP contribution >= 0.6 is 22.6 Å². The lowest BCUT2D eigenvalue weighted by Crippen LogP contribution is -2.19. The Morgan fingerprint density at radius 2 is 1.93 bits per heavy atom. The molecule has 0 fully saturated rings. The second kappa shape index (κ2) is 6.03. The van der Waals surface area contributed by atoms with Gasteiger partial charge in [0.1, 0.15) is 6.34 Å². The molecule has 0 aromatic carbocycles. The van der Waals surface area contributed by atoms with E-state index >= 15 is 0 Å². The first-order valence-electron chi connectivity index (χ1n) is 4.69. The van der Waals surface area contributed by atoms with Gasteiger partial charge < -0.3 is 4.90 Å². The Morgan fingerprint density at radius 3 is 2.33 bits per heavy atom. The lowest BCUT2D eigenvalue weighted by molar-refractivity contribution is 0.414. The van der Waals surface area contributed by atoms with Crippen molar-refractivity contribution in [1.29, 1.82) is 0 Å². The van der Waals surface area contributed by atoms with E-state index in [4.69, 9.17) is 0 Å². The molecule has 0 aliphatic rings. The van der Waals surface area contributed by atoms with Crippen LogP contribution in [0.3, 0.4) is 0 Å². The fourth-order valence-electron chi connectivity index (χ4n) is 0.691. The summed E-state index contributed by atoms with van der Waals surface area (Å²) in [5.74, 6) is 0.118. The molecule has 0 N–H and O–H groups in total. The Balaban J connectivity index is 4.29. The van der Waals surface area contributed by atoms with E-state index in [9.17, 15) is 8.42 Å². The van der Waals surface area contributed by atoms with Crippen LogP contribution in [0.15, 0.2) is 4.40 Å². The molecule has 0 spiro atoms. The van der Waals surface area contributed by atoms with E-state index in [2.05, 4.69) is 40.8 Å². The molecule has 0 saturated heterocycles. The summed E-state index contributed by atoms with van der Waals surface area (Å²) in [4.78, 5) is 1.61. The minimum absolute atomic E-state index is 0.0568. The molecule has 0 bridgehead atoms. The summed E-state index contributed by atoms with van der Waals surface area (Å²) >= 11 is 2.27. The maximum absolute atomic E-state index is 11.5. The smallest absolute Gasteiger partial charge is 0.254 e. The third-order valence-corrected chi connectivity index (χ3v) is 5.04. The van der Waals surface area contributed by atoms with Crippen LogP contribution in [0, 0.1) is 5.41 Å². The third kappa shape index (κ3) is 8.01. The van der Waals surface area contributed by atoms with Gasteiger partial charge in [-0.1, -0.05) is 36.4 Å². The molecule has 6 heteroatoms. The SMILES string of the molecule is CN(C)C=NS(=O)(=O)CCC(C)(C)CI. The van der Waals surface area contributed by atoms with Crippen LogP contribution in [0.4, 0.5) is 0 Å². The summed E-state index contributed by atoms with van der Waals surface area (Å²) < 4.78 is 27.4. The van der Waals surface area contributed by atoms with Gasteiger partial charge >= 0.3 is 0 Å². The predicted molar refractivity (Wildman–Crippen MR) is 73.3 cm³/mol. The van der Waals surface area contributed by atoms with Crippen molar-refractivity contribution in [3.05, 3.63) is 0 Å². The standard InChI is InChI=1S/C9H19IN2O2S/c1-9(2,7-10)5-6-15(13,14)11-8-12(3)4/h8H,5-7H2,1-4H3. The minimum Gasteiger partial charge on any atom is -0.368 e. The lowest BCUT2D eigenvalue weighted by Gasteiger charge is -2.20. The second-order valence-electron chi connectivity index (χ2n) is 4.52. The number of alkyl halides is 1. The average Bonchev–Trinajstić information content (AvgIpc) is 2.13. The maximum Gasteiger partial charge on any atom is 0.254 e. The number of rotatable bonds is 6. The van der Waals surface area contributed by atoms with Gasteiger partial charge in [-0.25, -0.2) is 8.42 Å². The van der Waals surface area contributed by atoms with Crippen molar-refractivity contribution in [2.24, 2.45) is 9.81 Å². The molecule has 0 atom stereocenters. The number of nitrogens with zero attached hydrogens (tertiary/aromatic N) is 2. The summed E-state index contributed by atoms with van der Waals surface area (Å²) in [5, 5.41) is 0. The predicted octanol–water partition coefficient (Wildman–Crippen LogP) is 1.76. The van der Waals surface area contributed by atoms with Crippen LogP contribution in [0.5, 0.6) is 0 Å². The molecule has 0 aromatic rings. The first-order valence-corrected chi connectivity index (χ1v) is 7.82. The fourth-order valence-corrected chi connectivity index (χ4v) is 2.32. The van der Waals surface area contributed by atoms with Crippen molar-refractivity contribution in [2.45, 2.75) is 20.3 Å². The molecule has 90 valence electrons. The molecule has 0 amide bonds. The molecule has 0 aliphatic carbocycles. The Morgan fingerprint density at radius 1 is 1.40 bits per heavy atom. The highest BCUT2D eigenvalue weighted by atomic mass is 127. The first-order chi connectivity index (χ1) is 6.68. The highest BCUT2D eigenvalue weighted by Gasteiger charge is 2.19. The summed E-state index contributed by atoms with van der Waals surface area (Å²) in [7, 11) is 0.192. The summed E-state index contributed by atoms with van der Waals surface area (Å²) in [5.41, 5.74) is 0.0568. The van der Waals surface area contributed by atoms with E-state index in [0.29, 0.717) is 6.42 Å². The largest absolute Gasteiger partial charge is 0.368 e. The Labute approximate surface area is 106 Å². The van der Waals surface area contributed by atoms with Gasteiger partial charge in [0.25, 0.3) is 10.0 Å². The molecule has 15 heavy (non-hydrogen) atoms. The monoisotopic (exact) mass is 346 g/mol. The Bertz CT molecular complexity index is 310. The highest BCUT2D eigenvalue weighted by molar-refractivity contribution is 14.1. The zero-order chi connectivity index (χ0) is 12.1. The lowest BCUT2D eigenvalue weighted by atomic mass is 9.94. The fraction of sp³-hybridized carbons (Fsp3) is 0.889. The van der Waals surface area contributed by atoms with Gasteiger partial charge in [0.2, 0.25) is 0 Å². The van der Waals surface area contributed by atoms with Crippen LogP contribution in [0.1, 0.15) is 20.3 Å². The topological polar surface area (TPSA) is 49.7 Å². The van der Waals surface area contributed by atoms with E-state index in [1.165, 1.54) is 6.34 Å². The van der Waals surface area contributed by atoms with Crippen LogP contribution in [0.2, 0.25) is 0 Å². The van der Waals surface area contributed by atoms with Gasteiger partial charge in [0.15, 0.2) is 0 Å². The van der Waals surface area contributed by atoms with E-state index in [0.717, 1.165) is 4.43 Å². The number of hydrogen-bond donors (Lipinski definition) is 0. The number of halogens is 1. The van der Waals surface area contributed by atoms with Gasteiger partial charge in [-0.3, -0.25) is 0 Å². The zero-order valence-corrected chi connectivity index (χ0v) is 12.7. The van der Waals surface area contributed by atoms with E-state index in [1.54, 1.807) is 19.0 Å². The first kappa shape index (κ1) is 15.2. The highest BCUT2D eigenvalue weighted by Crippen LogP contribution is 2.23. The van der Waals surface area contributed by atoms with Crippen molar-refractivity contribution < 1.29 is 8.42 Å². The normalized spacial score (nSPS) is 13.4. The summed E-state index contributed by atoms with van der Waals surface area (Å²) in [6.07, 6.45) is 1.97. The van der Waals surface area contributed by atoms with Crippen LogP contribution in [-0.4, -0.2) is 43.9 Å². The molecular weight excluding hydrogens is 327 g/mol. The quantitative estimate of drug-likeness (QED) is 0.319. The molecular formula is C9H19IN2O2S. The van der Waals surface area contributed by atoms with Gasteiger partial charge in [-0.2, -0.15) is 4.40 Å². The van der Waals surface area contributed by atoms with Crippen LogP contribution < -0.4 is 0 Å². The molecule has 0 saturated carbocycles. The van der Waals surface area contributed by atoms with Gasteiger partial charge in [-0.15, -0.1) is 0 Å². The van der Waals surface area contributed by atoms with Crippen molar-refractivity contribution >= 4 is 39.0 Å². The van der Waals surface area contributed by atoms with Crippen molar-refractivity contribution in [2.75, 3.05) is 24.3 Å². The van der Waals surface area contributed by atoms with Crippen molar-refractivity contribution in [1.82, 2.24) is 4.90 Å². The van der Waals surface area contributed by atoms with Gasteiger partial charge in [0, 0.05) is 18.5 Å². The Hall–Kier alpha value is 0.150. The molecule has 0 rings (SSSR count). The molecule has 0 unspecified atom stereocenters. The molecule has 0 radical (unpaired) electrons. The van der Waals surface area contributed by atoms with E-state index < -0.39 is 10.0 Å². The van der Waals surface area contributed by atoms with E-state index in [1.807, 2.05) is 0 Å². The van der Waals surface area contributed by atoms with Gasteiger partial charge in [0.05, 0.1) is 5.75 Å². The minimum atomic E-state index is -3.30. The van der Waals surface area contributed by atoms with Crippen LogP contribution in [-0.2, 0) is 10.0 Å². The van der Waals surface area contributed by atoms with Crippen LogP contribution in [0.25, 0.3) is 0 Å². The Kier molecular flexibility index (Phi) is 6.09. The van der Waals surface area contributed by atoms with Crippen molar-refractivity contribution in [3.63, 3.8) is 0 Å². The zero-order valence-electron chi connectivity index (χ0n) is 9.70. The molecule has 0 aromatic heterocycles. The maximum atomic E-state index is 11.5. The number of hydrogen-bond acceptors (Lipinski definition) is 2. The molecule has 4 nitrogen and oxygen atoms in total. The van der Waals surface area contributed by atoms with E-state index in [-0.39, 0.29) is 11.2 Å². The molecule has 0 heterocycles. The van der Waals surface area contributed by atoms with Gasteiger partial charge in [-0.05, 0) is 11.8 Å².